The third kappa shape index (κ3) is 2.38. The minimum Gasteiger partial charge on any atom is -0.336 e. The molecule has 2 aliphatic rings. The Balaban J connectivity index is 1.49. The molecule has 2 atom stereocenters. The van der Waals surface area contributed by atoms with E-state index in [1.165, 1.54) is 0 Å². The van der Waals surface area contributed by atoms with Gasteiger partial charge in [0.15, 0.2) is 0 Å². The van der Waals surface area contributed by atoms with Gasteiger partial charge in [-0.05, 0) is 24.3 Å². The molecule has 5 nitrogen and oxygen atoms in total. The molecule has 0 aliphatic carbocycles. The van der Waals surface area contributed by atoms with Crippen molar-refractivity contribution in [2.24, 2.45) is 11.8 Å². The van der Waals surface area contributed by atoms with E-state index >= 15 is 0 Å². The van der Waals surface area contributed by atoms with Crippen molar-refractivity contribution in [3.05, 3.63) is 60.4 Å². The summed E-state index contributed by atoms with van der Waals surface area (Å²) in [5, 5.41) is 0. The molecular weight excluding hydrogens is 290 g/mol. The average Bonchev–Trinajstić information content (AvgIpc) is 3.16. The van der Waals surface area contributed by atoms with E-state index in [0.717, 1.165) is 5.69 Å². The summed E-state index contributed by atoms with van der Waals surface area (Å²) >= 11 is 0. The number of carbonyl (C=O) groups is 2. The summed E-state index contributed by atoms with van der Waals surface area (Å²) in [6.07, 6.45) is 1.62. The first-order chi connectivity index (χ1) is 11.2. The Bertz CT molecular complexity index is 732. The van der Waals surface area contributed by atoms with Gasteiger partial charge in [0.2, 0.25) is 5.91 Å². The first kappa shape index (κ1) is 13.9. The van der Waals surface area contributed by atoms with Crippen LogP contribution in [0, 0.1) is 11.8 Å². The predicted molar refractivity (Wildman–Crippen MR) is 85.9 cm³/mol. The highest BCUT2D eigenvalue weighted by atomic mass is 16.2. The number of nitrogens with zero attached hydrogens (tertiary/aromatic N) is 3. The Morgan fingerprint density at radius 2 is 1.78 bits per heavy atom. The zero-order valence-electron chi connectivity index (χ0n) is 12.6. The van der Waals surface area contributed by atoms with E-state index in [1.54, 1.807) is 29.3 Å². The third-order valence-electron chi connectivity index (χ3n) is 4.68. The normalized spacial score (nSPS) is 23.2. The number of hydrogen-bond donors (Lipinski definition) is 0. The van der Waals surface area contributed by atoms with Crippen LogP contribution in [-0.4, -0.2) is 41.3 Å². The van der Waals surface area contributed by atoms with Gasteiger partial charge >= 0.3 is 0 Å². The minimum atomic E-state index is -0.0946. The van der Waals surface area contributed by atoms with Gasteiger partial charge in [0.1, 0.15) is 5.69 Å². The lowest BCUT2D eigenvalue weighted by atomic mass is 10.0. The molecule has 0 bridgehead atoms. The number of amides is 2. The van der Waals surface area contributed by atoms with Gasteiger partial charge in [0.05, 0.1) is 5.92 Å². The van der Waals surface area contributed by atoms with E-state index in [9.17, 15) is 9.59 Å². The second-order valence-corrected chi connectivity index (χ2v) is 6.08. The third-order valence-corrected chi connectivity index (χ3v) is 4.68. The van der Waals surface area contributed by atoms with Gasteiger partial charge in [-0.2, -0.15) is 0 Å². The topological polar surface area (TPSA) is 53.5 Å². The molecule has 2 saturated heterocycles. The Labute approximate surface area is 134 Å². The van der Waals surface area contributed by atoms with Crippen molar-refractivity contribution in [3.63, 3.8) is 0 Å². The van der Waals surface area contributed by atoms with Crippen LogP contribution in [0.5, 0.6) is 0 Å². The number of hydrogen-bond acceptors (Lipinski definition) is 3. The van der Waals surface area contributed by atoms with Gasteiger partial charge in [-0.3, -0.25) is 14.6 Å². The van der Waals surface area contributed by atoms with Crippen molar-refractivity contribution in [1.29, 1.82) is 0 Å². The molecule has 5 heteroatoms. The van der Waals surface area contributed by atoms with E-state index in [0.29, 0.717) is 25.3 Å². The molecule has 1 aromatic carbocycles. The van der Waals surface area contributed by atoms with Crippen LogP contribution in [-0.2, 0) is 4.79 Å². The maximum absolute atomic E-state index is 12.7. The summed E-state index contributed by atoms with van der Waals surface area (Å²) in [5.74, 6) is 0.148. The molecule has 2 unspecified atom stereocenters. The first-order valence-electron chi connectivity index (χ1n) is 7.81. The Morgan fingerprint density at radius 3 is 2.48 bits per heavy atom. The van der Waals surface area contributed by atoms with E-state index in [4.69, 9.17) is 0 Å². The molecule has 3 heterocycles. The van der Waals surface area contributed by atoms with E-state index in [2.05, 4.69) is 4.98 Å². The summed E-state index contributed by atoms with van der Waals surface area (Å²) in [6, 6.07) is 15.0. The number of likely N-dealkylation sites (tertiary alicyclic amines) is 1. The summed E-state index contributed by atoms with van der Waals surface area (Å²) in [5.41, 5.74) is 1.38. The van der Waals surface area contributed by atoms with Crippen LogP contribution in [0.4, 0.5) is 5.69 Å². The Morgan fingerprint density at radius 1 is 1.00 bits per heavy atom. The Hall–Kier alpha value is -2.69. The summed E-state index contributed by atoms with van der Waals surface area (Å²) in [6.45, 7) is 1.79. The highest BCUT2D eigenvalue weighted by Crippen LogP contribution is 2.35. The zero-order chi connectivity index (χ0) is 15.8. The molecule has 116 valence electrons. The first-order valence-corrected chi connectivity index (χ1v) is 7.81. The quantitative estimate of drug-likeness (QED) is 0.850. The number of para-hydroxylation sites is 1. The smallest absolute Gasteiger partial charge is 0.272 e. The largest absolute Gasteiger partial charge is 0.336 e. The van der Waals surface area contributed by atoms with Crippen molar-refractivity contribution >= 4 is 17.5 Å². The summed E-state index contributed by atoms with van der Waals surface area (Å²) in [4.78, 5) is 32.9. The molecule has 1 aromatic heterocycles. The van der Waals surface area contributed by atoms with Gasteiger partial charge in [0.25, 0.3) is 5.91 Å². The fraction of sp³-hybridized carbons (Fsp3) is 0.278. The molecule has 2 fully saturated rings. The SMILES string of the molecule is O=C(c1ccccn1)N1CC2CN(c3ccccc3)C(=O)C2C1. The molecule has 0 radical (unpaired) electrons. The number of carbonyl (C=O) groups excluding carboxylic acids is 2. The lowest BCUT2D eigenvalue weighted by Crippen LogP contribution is -2.35. The maximum Gasteiger partial charge on any atom is 0.272 e. The van der Waals surface area contributed by atoms with Crippen LogP contribution in [0.1, 0.15) is 10.5 Å². The molecule has 2 aromatic rings. The van der Waals surface area contributed by atoms with Gasteiger partial charge < -0.3 is 9.80 Å². The molecule has 0 spiro atoms. The number of fused-ring (bicyclic) bond motifs is 1. The summed E-state index contributed by atoms with van der Waals surface area (Å²) < 4.78 is 0. The molecular formula is C18H17N3O2. The fourth-order valence-electron chi connectivity index (χ4n) is 3.52. The van der Waals surface area contributed by atoms with E-state index < -0.39 is 0 Å². The maximum atomic E-state index is 12.7. The molecule has 4 rings (SSSR count). The van der Waals surface area contributed by atoms with Crippen molar-refractivity contribution in [3.8, 4) is 0 Å². The lowest BCUT2D eigenvalue weighted by Gasteiger charge is -2.21. The van der Waals surface area contributed by atoms with Crippen LogP contribution in [0.25, 0.3) is 0 Å². The van der Waals surface area contributed by atoms with Crippen molar-refractivity contribution < 1.29 is 9.59 Å². The number of pyridine rings is 1. The van der Waals surface area contributed by atoms with Crippen LogP contribution >= 0.6 is 0 Å². The predicted octanol–water partition coefficient (Wildman–Crippen LogP) is 1.82. The van der Waals surface area contributed by atoms with Gasteiger partial charge in [-0.1, -0.05) is 24.3 Å². The second kappa shape index (κ2) is 5.50. The zero-order valence-corrected chi connectivity index (χ0v) is 12.6. The van der Waals surface area contributed by atoms with Crippen LogP contribution in [0.15, 0.2) is 54.7 Å². The second-order valence-electron chi connectivity index (χ2n) is 6.08. The van der Waals surface area contributed by atoms with Gasteiger partial charge in [-0.15, -0.1) is 0 Å². The molecule has 2 amide bonds. The minimum absolute atomic E-state index is 0.0842. The monoisotopic (exact) mass is 307 g/mol. The molecule has 23 heavy (non-hydrogen) atoms. The Kier molecular flexibility index (Phi) is 3.33. The number of anilines is 1. The molecule has 0 saturated carbocycles. The highest BCUT2D eigenvalue weighted by molar-refractivity contribution is 5.99. The average molecular weight is 307 g/mol. The van der Waals surface area contributed by atoms with Crippen LogP contribution < -0.4 is 4.90 Å². The summed E-state index contributed by atoms with van der Waals surface area (Å²) in [7, 11) is 0. The fourth-order valence-corrected chi connectivity index (χ4v) is 3.52. The van der Waals surface area contributed by atoms with Crippen molar-refractivity contribution in [1.82, 2.24) is 9.88 Å². The number of aromatic nitrogens is 1. The van der Waals surface area contributed by atoms with E-state index in [-0.39, 0.29) is 23.7 Å². The number of rotatable bonds is 2. The lowest BCUT2D eigenvalue weighted by molar-refractivity contribution is -0.120. The van der Waals surface area contributed by atoms with Crippen LogP contribution in [0.2, 0.25) is 0 Å². The van der Waals surface area contributed by atoms with Gasteiger partial charge in [0, 0.05) is 37.4 Å². The van der Waals surface area contributed by atoms with E-state index in [1.807, 2.05) is 35.2 Å². The van der Waals surface area contributed by atoms with Crippen molar-refractivity contribution in [2.75, 3.05) is 24.5 Å². The van der Waals surface area contributed by atoms with Crippen LogP contribution in [0.3, 0.4) is 0 Å². The highest BCUT2D eigenvalue weighted by Gasteiger charge is 2.47. The molecule has 0 N–H and O–H groups in total. The number of benzene rings is 1. The van der Waals surface area contributed by atoms with Crippen molar-refractivity contribution in [2.45, 2.75) is 0 Å². The molecule has 2 aliphatic heterocycles. The van der Waals surface area contributed by atoms with Gasteiger partial charge in [-0.25, -0.2) is 0 Å². The standard InChI is InChI=1S/C18H17N3O2/c22-17-15-12-20(18(23)16-8-4-5-9-19-16)10-13(15)11-21(17)14-6-2-1-3-7-14/h1-9,13,15H,10-12H2.